The van der Waals surface area contributed by atoms with E-state index in [4.69, 9.17) is 9.47 Å². The van der Waals surface area contributed by atoms with Gasteiger partial charge in [-0.2, -0.15) is 0 Å². The fourth-order valence-electron chi connectivity index (χ4n) is 7.84. The summed E-state index contributed by atoms with van der Waals surface area (Å²) in [6, 6.07) is 59.5. The molecule has 3 heteroatoms. The van der Waals surface area contributed by atoms with Crippen LogP contribution in [0.3, 0.4) is 0 Å². The van der Waals surface area contributed by atoms with Gasteiger partial charge in [0.15, 0.2) is 0 Å². The van der Waals surface area contributed by atoms with Crippen molar-refractivity contribution in [2.24, 2.45) is 0 Å². The number of aryl methyl sites for hydroxylation is 1. The third-order valence-corrected chi connectivity index (χ3v) is 10.2. The number of hydrogen-bond acceptors (Lipinski definition) is 2. The van der Waals surface area contributed by atoms with E-state index in [1.807, 2.05) is 24.3 Å². The number of fused-ring (bicyclic) bond motifs is 9. The Morgan fingerprint density at radius 3 is 1.86 bits per heavy atom. The van der Waals surface area contributed by atoms with Crippen LogP contribution < -0.4 is 9.47 Å². The number of allylic oxidation sites excluding steroid dienone is 1. The molecule has 242 valence electrons. The van der Waals surface area contributed by atoms with Gasteiger partial charge in [-0.25, -0.2) is 0 Å². The van der Waals surface area contributed by atoms with Gasteiger partial charge in [0.2, 0.25) is 0 Å². The highest BCUT2D eigenvalue weighted by atomic mass is 16.5. The SMILES string of the molecule is C1=C(c2ccc3c(c2)Oc2ccccc2-c2ccccc2Oc2c(-c4ccccc4)cccc2-3)CCc2c1n(-c1ccccc1)c1ccccc21. The molecule has 0 unspecified atom stereocenters. The van der Waals surface area contributed by atoms with E-state index < -0.39 is 0 Å². The first-order chi connectivity index (χ1) is 25.3. The second-order valence-corrected chi connectivity index (χ2v) is 13.2. The monoisotopic (exact) mass is 655 g/mol. The van der Waals surface area contributed by atoms with Crippen LogP contribution >= 0.6 is 0 Å². The van der Waals surface area contributed by atoms with Crippen LogP contribution in [0.25, 0.3) is 61.6 Å². The minimum Gasteiger partial charge on any atom is -0.456 e. The van der Waals surface area contributed by atoms with Gasteiger partial charge in [0.05, 0.1) is 11.2 Å². The molecule has 0 radical (unpaired) electrons. The molecule has 2 heterocycles. The molecule has 10 rings (SSSR count). The highest BCUT2D eigenvalue weighted by molar-refractivity contribution is 5.96. The maximum absolute atomic E-state index is 7.03. The first kappa shape index (κ1) is 29.3. The number of hydrogen-bond donors (Lipinski definition) is 0. The van der Waals surface area contributed by atoms with Gasteiger partial charge in [-0.05, 0) is 83.6 Å². The lowest BCUT2D eigenvalue weighted by Crippen LogP contribution is -2.03. The molecule has 0 saturated carbocycles. The Labute approximate surface area is 297 Å². The Morgan fingerprint density at radius 2 is 1.06 bits per heavy atom. The van der Waals surface area contributed by atoms with Crippen molar-refractivity contribution in [3.05, 3.63) is 187 Å². The van der Waals surface area contributed by atoms with Gasteiger partial charge in [0.1, 0.15) is 23.0 Å². The summed E-state index contributed by atoms with van der Waals surface area (Å²) in [4.78, 5) is 0. The Kier molecular flexibility index (Phi) is 6.95. The molecular weight excluding hydrogens is 623 g/mol. The molecule has 0 fully saturated rings. The number of rotatable bonds is 3. The van der Waals surface area contributed by atoms with Crippen molar-refractivity contribution in [2.45, 2.75) is 12.8 Å². The molecule has 1 aliphatic carbocycles. The lowest BCUT2D eigenvalue weighted by atomic mass is 9.89. The van der Waals surface area contributed by atoms with E-state index >= 15 is 0 Å². The number of aromatic nitrogens is 1. The number of nitrogens with zero attached hydrogens (tertiary/aromatic N) is 1. The van der Waals surface area contributed by atoms with E-state index in [2.05, 4.69) is 156 Å². The molecule has 0 atom stereocenters. The van der Waals surface area contributed by atoms with Crippen molar-refractivity contribution in [3.63, 3.8) is 0 Å². The van der Waals surface area contributed by atoms with Gasteiger partial charge in [-0.1, -0.05) is 127 Å². The summed E-state index contributed by atoms with van der Waals surface area (Å²) in [5.41, 5.74) is 13.6. The van der Waals surface area contributed by atoms with E-state index in [-0.39, 0.29) is 0 Å². The van der Waals surface area contributed by atoms with Gasteiger partial charge in [-0.15, -0.1) is 0 Å². The summed E-state index contributed by atoms with van der Waals surface area (Å²) in [6.07, 6.45) is 4.30. The molecule has 0 spiro atoms. The third kappa shape index (κ3) is 4.97. The zero-order valence-corrected chi connectivity index (χ0v) is 27.9. The topological polar surface area (TPSA) is 23.4 Å². The average molecular weight is 656 g/mol. The van der Waals surface area contributed by atoms with Gasteiger partial charge in [0, 0.05) is 38.9 Å². The fraction of sp³-hybridized carbons (Fsp3) is 0.0417. The predicted octanol–water partition coefficient (Wildman–Crippen LogP) is 13.0. The van der Waals surface area contributed by atoms with E-state index in [0.717, 1.165) is 74.8 Å². The van der Waals surface area contributed by atoms with Crippen molar-refractivity contribution in [1.82, 2.24) is 4.57 Å². The summed E-state index contributed by atoms with van der Waals surface area (Å²) in [7, 11) is 0. The summed E-state index contributed by atoms with van der Waals surface area (Å²) in [5.74, 6) is 3.18. The Morgan fingerprint density at radius 1 is 0.431 bits per heavy atom. The molecule has 1 aromatic heterocycles. The van der Waals surface area contributed by atoms with Crippen molar-refractivity contribution in [1.29, 1.82) is 0 Å². The number of ether oxygens (including phenoxy) is 2. The highest BCUT2D eigenvalue weighted by Gasteiger charge is 2.25. The standard InChI is InChI=1S/C48H33NO2/c1-3-14-32(15-4-1)36-21-13-22-42-41-29-27-34(31-47(41)50-45-24-11-8-19-39(45)40-20-9-12-25-46(40)51-48(36)42)33-26-28-38-37-18-7-10-23-43(37)49(44(38)30-33)35-16-5-2-6-17-35/h1-25,27,29-31H,26,28H2. The second kappa shape index (κ2) is 12.1. The normalized spacial score (nSPS) is 13.0. The van der Waals surface area contributed by atoms with Crippen molar-refractivity contribution in [2.75, 3.05) is 0 Å². The van der Waals surface area contributed by atoms with Gasteiger partial charge in [-0.3, -0.25) is 0 Å². The summed E-state index contributed by atoms with van der Waals surface area (Å²) >= 11 is 0. The molecule has 0 bridgehead atoms. The van der Waals surface area contributed by atoms with Crippen LogP contribution in [0.4, 0.5) is 0 Å². The first-order valence-electron chi connectivity index (χ1n) is 17.6. The van der Waals surface area contributed by atoms with Crippen molar-refractivity contribution < 1.29 is 9.47 Å². The maximum atomic E-state index is 7.03. The molecule has 2 aliphatic rings. The van der Waals surface area contributed by atoms with Crippen LogP contribution in [-0.2, 0) is 6.42 Å². The van der Waals surface area contributed by atoms with E-state index in [1.54, 1.807) is 0 Å². The summed E-state index contributed by atoms with van der Waals surface area (Å²) in [6.45, 7) is 0. The number of para-hydroxylation sites is 5. The van der Waals surface area contributed by atoms with Crippen LogP contribution in [0.2, 0.25) is 0 Å². The quantitative estimate of drug-likeness (QED) is 0.189. The highest BCUT2D eigenvalue weighted by Crippen LogP contribution is 2.50. The summed E-state index contributed by atoms with van der Waals surface area (Å²) < 4.78 is 16.5. The van der Waals surface area contributed by atoms with Gasteiger partial charge in [0.25, 0.3) is 0 Å². The molecular formula is C48H33NO2. The zero-order valence-electron chi connectivity index (χ0n) is 27.9. The molecule has 1 aliphatic heterocycles. The second-order valence-electron chi connectivity index (χ2n) is 13.2. The molecule has 0 N–H and O–H groups in total. The Balaban J connectivity index is 1.18. The predicted molar refractivity (Wildman–Crippen MR) is 209 cm³/mol. The maximum Gasteiger partial charge on any atom is 0.143 e. The van der Waals surface area contributed by atoms with Gasteiger partial charge < -0.3 is 14.0 Å². The Bertz CT molecular complexity index is 2630. The average Bonchev–Trinajstić information content (AvgIpc) is 3.53. The van der Waals surface area contributed by atoms with E-state index in [0.29, 0.717) is 0 Å². The van der Waals surface area contributed by atoms with Gasteiger partial charge >= 0.3 is 0 Å². The smallest absolute Gasteiger partial charge is 0.143 e. The molecule has 51 heavy (non-hydrogen) atoms. The van der Waals surface area contributed by atoms with Crippen LogP contribution in [0.1, 0.15) is 23.2 Å². The first-order valence-corrected chi connectivity index (χ1v) is 17.6. The van der Waals surface area contributed by atoms with Crippen LogP contribution in [0.5, 0.6) is 23.0 Å². The minimum absolute atomic E-state index is 0.787. The molecule has 7 aromatic carbocycles. The number of benzene rings is 7. The lowest BCUT2D eigenvalue weighted by molar-refractivity contribution is 0.473. The van der Waals surface area contributed by atoms with Crippen molar-refractivity contribution >= 4 is 22.6 Å². The van der Waals surface area contributed by atoms with E-state index in [1.165, 1.54) is 33.4 Å². The lowest BCUT2D eigenvalue weighted by Gasteiger charge is -2.24. The largest absolute Gasteiger partial charge is 0.456 e. The van der Waals surface area contributed by atoms with Crippen molar-refractivity contribution in [3.8, 4) is 62.1 Å². The minimum atomic E-state index is 0.787. The Hall–Kier alpha value is -6.58. The third-order valence-electron chi connectivity index (χ3n) is 10.2. The molecule has 8 aromatic rings. The van der Waals surface area contributed by atoms with Crippen LogP contribution in [0.15, 0.2) is 170 Å². The van der Waals surface area contributed by atoms with Crippen LogP contribution in [0, 0.1) is 0 Å². The fourth-order valence-corrected chi connectivity index (χ4v) is 7.84. The zero-order chi connectivity index (χ0) is 33.7. The summed E-state index contributed by atoms with van der Waals surface area (Å²) in [5, 5.41) is 1.32. The molecule has 3 nitrogen and oxygen atoms in total. The van der Waals surface area contributed by atoms with E-state index in [9.17, 15) is 0 Å². The molecule has 0 saturated heterocycles. The molecule has 0 amide bonds. The van der Waals surface area contributed by atoms with Crippen LogP contribution in [-0.4, -0.2) is 4.57 Å².